The second kappa shape index (κ2) is 11.1. The van der Waals surface area contributed by atoms with E-state index in [1.807, 2.05) is 38.1 Å². The Morgan fingerprint density at radius 3 is 1.93 bits per heavy atom. The van der Waals surface area contributed by atoms with Crippen molar-refractivity contribution in [3.8, 4) is 5.75 Å². The SMILES string of the molecule is CC(C)CCOc1ccc(NCC(=O)Nc2ccc(NC(=O)C(C)C)cc2)cc1. The summed E-state index contributed by atoms with van der Waals surface area (Å²) in [5, 5.41) is 8.73. The van der Waals surface area contributed by atoms with Crippen molar-refractivity contribution in [3.63, 3.8) is 0 Å². The number of anilines is 3. The van der Waals surface area contributed by atoms with Gasteiger partial charge in [0.15, 0.2) is 0 Å². The van der Waals surface area contributed by atoms with Gasteiger partial charge in [0.1, 0.15) is 5.75 Å². The Morgan fingerprint density at radius 2 is 1.38 bits per heavy atom. The lowest BCUT2D eigenvalue weighted by Crippen LogP contribution is -2.21. The highest BCUT2D eigenvalue weighted by Gasteiger charge is 2.07. The van der Waals surface area contributed by atoms with Crippen LogP contribution in [0.1, 0.15) is 34.1 Å². The van der Waals surface area contributed by atoms with E-state index in [4.69, 9.17) is 4.74 Å². The number of hydrogen-bond acceptors (Lipinski definition) is 4. The van der Waals surface area contributed by atoms with Crippen LogP contribution in [-0.4, -0.2) is 25.0 Å². The molecule has 0 aliphatic carbocycles. The zero-order chi connectivity index (χ0) is 21.2. The van der Waals surface area contributed by atoms with Crippen molar-refractivity contribution in [1.29, 1.82) is 0 Å². The second-order valence-corrected chi connectivity index (χ2v) is 7.68. The van der Waals surface area contributed by atoms with E-state index in [0.717, 1.165) is 17.9 Å². The molecule has 0 spiro atoms. The van der Waals surface area contributed by atoms with Crippen LogP contribution < -0.4 is 20.7 Å². The zero-order valence-corrected chi connectivity index (χ0v) is 17.6. The molecule has 6 nitrogen and oxygen atoms in total. The molecule has 0 fully saturated rings. The van der Waals surface area contributed by atoms with E-state index in [0.29, 0.717) is 23.9 Å². The molecule has 2 aromatic rings. The summed E-state index contributed by atoms with van der Waals surface area (Å²) in [6, 6.07) is 14.6. The molecule has 156 valence electrons. The molecule has 2 rings (SSSR count). The van der Waals surface area contributed by atoms with E-state index in [9.17, 15) is 9.59 Å². The van der Waals surface area contributed by atoms with E-state index >= 15 is 0 Å². The van der Waals surface area contributed by atoms with Crippen LogP contribution in [0.5, 0.6) is 5.75 Å². The summed E-state index contributed by atoms with van der Waals surface area (Å²) >= 11 is 0. The van der Waals surface area contributed by atoms with E-state index in [1.165, 1.54) is 0 Å². The Morgan fingerprint density at radius 1 is 0.828 bits per heavy atom. The van der Waals surface area contributed by atoms with Crippen LogP contribution >= 0.6 is 0 Å². The lowest BCUT2D eigenvalue weighted by molar-refractivity contribution is -0.119. The molecular formula is C23H31N3O3. The third kappa shape index (κ3) is 8.25. The highest BCUT2D eigenvalue weighted by molar-refractivity contribution is 5.95. The lowest BCUT2D eigenvalue weighted by Gasteiger charge is -2.11. The molecule has 6 heteroatoms. The first-order chi connectivity index (χ1) is 13.8. The molecule has 0 saturated carbocycles. The average molecular weight is 398 g/mol. The first-order valence-electron chi connectivity index (χ1n) is 10.0. The van der Waals surface area contributed by atoms with Gasteiger partial charge in [-0.3, -0.25) is 9.59 Å². The zero-order valence-electron chi connectivity index (χ0n) is 17.6. The van der Waals surface area contributed by atoms with Gasteiger partial charge in [0.25, 0.3) is 0 Å². The van der Waals surface area contributed by atoms with Gasteiger partial charge in [-0.15, -0.1) is 0 Å². The van der Waals surface area contributed by atoms with Crippen LogP contribution in [-0.2, 0) is 9.59 Å². The van der Waals surface area contributed by atoms with Gasteiger partial charge in [0, 0.05) is 23.0 Å². The molecular weight excluding hydrogens is 366 g/mol. The summed E-state index contributed by atoms with van der Waals surface area (Å²) in [5.74, 6) is 1.17. The Balaban J connectivity index is 1.75. The highest BCUT2D eigenvalue weighted by Crippen LogP contribution is 2.17. The molecule has 2 aromatic carbocycles. The quantitative estimate of drug-likeness (QED) is 0.540. The predicted molar refractivity (Wildman–Crippen MR) is 118 cm³/mol. The lowest BCUT2D eigenvalue weighted by atomic mass is 10.1. The van der Waals surface area contributed by atoms with E-state index < -0.39 is 0 Å². The molecule has 0 unspecified atom stereocenters. The van der Waals surface area contributed by atoms with Gasteiger partial charge in [-0.25, -0.2) is 0 Å². The summed E-state index contributed by atoms with van der Waals surface area (Å²) in [5.41, 5.74) is 2.23. The fraction of sp³-hybridized carbons (Fsp3) is 0.391. The smallest absolute Gasteiger partial charge is 0.243 e. The summed E-state index contributed by atoms with van der Waals surface area (Å²) in [6.07, 6.45) is 1.02. The number of carbonyl (C=O) groups is 2. The van der Waals surface area contributed by atoms with Gasteiger partial charge in [0.05, 0.1) is 13.2 Å². The molecule has 0 bridgehead atoms. The first-order valence-corrected chi connectivity index (χ1v) is 10.0. The molecule has 0 aliphatic rings. The molecule has 3 N–H and O–H groups in total. The van der Waals surface area contributed by atoms with Gasteiger partial charge in [-0.2, -0.15) is 0 Å². The van der Waals surface area contributed by atoms with Gasteiger partial charge in [0.2, 0.25) is 11.8 Å². The largest absolute Gasteiger partial charge is 0.494 e. The number of nitrogens with one attached hydrogen (secondary N) is 3. The van der Waals surface area contributed by atoms with Crippen LogP contribution in [0.2, 0.25) is 0 Å². The maximum atomic E-state index is 12.1. The number of carbonyl (C=O) groups excluding carboxylic acids is 2. The van der Waals surface area contributed by atoms with Crippen LogP contribution in [0.15, 0.2) is 48.5 Å². The summed E-state index contributed by atoms with van der Waals surface area (Å²) in [7, 11) is 0. The third-order valence-electron chi connectivity index (χ3n) is 4.23. The minimum absolute atomic E-state index is 0.0395. The number of rotatable bonds is 10. The molecule has 0 aromatic heterocycles. The van der Waals surface area contributed by atoms with Gasteiger partial charge < -0.3 is 20.7 Å². The topological polar surface area (TPSA) is 79.5 Å². The van der Waals surface area contributed by atoms with Crippen molar-refractivity contribution >= 4 is 28.9 Å². The minimum Gasteiger partial charge on any atom is -0.494 e. The van der Waals surface area contributed by atoms with Gasteiger partial charge >= 0.3 is 0 Å². The van der Waals surface area contributed by atoms with Gasteiger partial charge in [-0.05, 0) is 60.9 Å². The van der Waals surface area contributed by atoms with Crippen LogP contribution in [0.3, 0.4) is 0 Å². The van der Waals surface area contributed by atoms with Crippen molar-refractivity contribution < 1.29 is 14.3 Å². The first kappa shape index (κ1) is 22.3. The van der Waals surface area contributed by atoms with Crippen LogP contribution in [0, 0.1) is 11.8 Å². The van der Waals surface area contributed by atoms with Crippen molar-refractivity contribution in [2.24, 2.45) is 11.8 Å². The monoisotopic (exact) mass is 397 g/mol. The molecule has 0 aliphatic heterocycles. The van der Waals surface area contributed by atoms with Crippen molar-refractivity contribution in [2.75, 3.05) is 29.1 Å². The number of hydrogen-bond donors (Lipinski definition) is 3. The van der Waals surface area contributed by atoms with Crippen LogP contribution in [0.4, 0.5) is 17.1 Å². The molecule has 0 atom stereocenters. The van der Waals surface area contributed by atoms with E-state index in [1.54, 1.807) is 24.3 Å². The summed E-state index contributed by atoms with van der Waals surface area (Å²) < 4.78 is 5.69. The Kier molecular flexibility index (Phi) is 8.52. The van der Waals surface area contributed by atoms with Gasteiger partial charge in [-0.1, -0.05) is 27.7 Å². The maximum absolute atomic E-state index is 12.1. The highest BCUT2D eigenvalue weighted by atomic mass is 16.5. The normalized spacial score (nSPS) is 10.7. The fourth-order valence-corrected chi connectivity index (χ4v) is 2.39. The molecule has 0 radical (unpaired) electrons. The fourth-order valence-electron chi connectivity index (χ4n) is 2.39. The van der Waals surface area contributed by atoms with Crippen molar-refractivity contribution in [2.45, 2.75) is 34.1 Å². The maximum Gasteiger partial charge on any atom is 0.243 e. The average Bonchev–Trinajstić information content (AvgIpc) is 2.68. The van der Waals surface area contributed by atoms with E-state index in [2.05, 4.69) is 29.8 Å². The molecule has 29 heavy (non-hydrogen) atoms. The second-order valence-electron chi connectivity index (χ2n) is 7.68. The number of ether oxygens (including phenoxy) is 1. The Hall–Kier alpha value is -3.02. The van der Waals surface area contributed by atoms with Crippen molar-refractivity contribution in [1.82, 2.24) is 0 Å². The number of amides is 2. The third-order valence-corrected chi connectivity index (χ3v) is 4.23. The molecule has 2 amide bonds. The minimum atomic E-state index is -0.152. The predicted octanol–water partition coefficient (Wildman–Crippen LogP) is 4.76. The Bertz CT molecular complexity index is 784. The van der Waals surface area contributed by atoms with Crippen LogP contribution in [0.25, 0.3) is 0 Å². The Labute approximate surface area is 173 Å². The van der Waals surface area contributed by atoms with E-state index in [-0.39, 0.29) is 24.3 Å². The standard InChI is InChI=1S/C23H31N3O3/c1-16(2)13-14-29-21-11-9-18(10-12-21)24-15-22(27)25-19-5-7-20(8-6-19)26-23(28)17(3)4/h5-12,16-17,24H,13-15H2,1-4H3,(H,25,27)(H,26,28). The summed E-state index contributed by atoms with van der Waals surface area (Å²) in [4.78, 5) is 23.8. The summed E-state index contributed by atoms with van der Waals surface area (Å²) in [6.45, 7) is 8.86. The molecule has 0 heterocycles. The molecule has 0 saturated heterocycles. The van der Waals surface area contributed by atoms with Crippen molar-refractivity contribution in [3.05, 3.63) is 48.5 Å². The number of benzene rings is 2.